The molecule has 172 valence electrons. The van der Waals surface area contributed by atoms with E-state index < -0.39 is 27.8 Å². The Morgan fingerprint density at radius 3 is 2.31 bits per heavy atom. The van der Waals surface area contributed by atoms with Crippen LogP contribution in [0.4, 0.5) is 5.69 Å². The van der Waals surface area contributed by atoms with E-state index in [0.717, 1.165) is 0 Å². The van der Waals surface area contributed by atoms with Crippen molar-refractivity contribution >= 4 is 27.6 Å². The molecule has 9 nitrogen and oxygen atoms in total. The summed E-state index contributed by atoms with van der Waals surface area (Å²) in [6.07, 6.45) is 1.06. The van der Waals surface area contributed by atoms with Gasteiger partial charge in [0.1, 0.15) is 0 Å². The second-order valence-electron chi connectivity index (χ2n) is 7.25. The van der Waals surface area contributed by atoms with Gasteiger partial charge in [-0.3, -0.25) is 4.79 Å². The number of benzene rings is 2. The van der Waals surface area contributed by atoms with Gasteiger partial charge in [0.15, 0.2) is 11.5 Å². The summed E-state index contributed by atoms with van der Waals surface area (Å²) >= 11 is 0. The van der Waals surface area contributed by atoms with Crippen molar-refractivity contribution in [2.45, 2.75) is 17.7 Å². The third-order valence-electron chi connectivity index (χ3n) is 5.32. The summed E-state index contributed by atoms with van der Waals surface area (Å²) in [5.74, 6) is -0.995. The van der Waals surface area contributed by atoms with Crippen LogP contribution in [0.3, 0.4) is 0 Å². The molecule has 1 fully saturated rings. The first-order valence-electron chi connectivity index (χ1n) is 10.0. The second kappa shape index (κ2) is 10.0. The molecule has 0 saturated carbocycles. The van der Waals surface area contributed by atoms with Crippen LogP contribution >= 0.6 is 0 Å². The minimum Gasteiger partial charge on any atom is -0.493 e. The van der Waals surface area contributed by atoms with E-state index in [-0.39, 0.29) is 22.7 Å². The van der Waals surface area contributed by atoms with Gasteiger partial charge in [0.05, 0.1) is 43.4 Å². The summed E-state index contributed by atoms with van der Waals surface area (Å²) in [7, 11) is 0.401. The number of esters is 1. The number of carbonyl (C=O) groups excluding carboxylic acids is 2. The number of amides is 1. The summed E-state index contributed by atoms with van der Waals surface area (Å²) in [5.41, 5.74) is 0.297. The van der Waals surface area contributed by atoms with Crippen molar-refractivity contribution in [1.82, 2.24) is 4.31 Å². The molecular formula is C22H26N2O7S. The quantitative estimate of drug-likeness (QED) is 0.630. The fourth-order valence-electron chi connectivity index (χ4n) is 3.61. The van der Waals surface area contributed by atoms with Gasteiger partial charge in [-0.25, -0.2) is 13.2 Å². The normalized spacial score (nSPS) is 16.8. The summed E-state index contributed by atoms with van der Waals surface area (Å²) in [6.45, 7) is 0.384. The molecule has 0 radical (unpaired) electrons. The molecule has 0 spiro atoms. The molecule has 1 N–H and O–H groups in total. The minimum atomic E-state index is -3.70. The Labute approximate surface area is 187 Å². The van der Waals surface area contributed by atoms with Gasteiger partial charge in [-0.1, -0.05) is 18.2 Å². The SMILES string of the molecule is COC(=O)c1cc(OC)c(OC)cc1NC(=O)[C@H]1CCCN(S(=O)(=O)c2ccccc2)C1. The van der Waals surface area contributed by atoms with Gasteiger partial charge in [-0.05, 0) is 25.0 Å². The van der Waals surface area contributed by atoms with E-state index in [1.165, 1.54) is 49.9 Å². The number of methoxy groups -OCH3 is 3. The monoisotopic (exact) mass is 462 g/mol. The van der Waals surface area contributed by atoms with Crippen LogP contribution < -0.4 is 14.8 Å². The average molecular weight is 463 g/mol. The first kappa shape index (κ1) is 23.6. The molecule has 2 aromatic rings. The standard InChI is InChI=1S/C22H26N2O7S/c1-29-19-12-17(22(26)31-3)18(13-20(19)30-2)23-21(25)15-8-7-11-24(14-15)32(27,28)16-9-5-4-6-10-16/h4-6,9-10,12-13,15H,7-8,11,14H2,1-3H3,(H,23,25)/t15-/m0/s1. The Hall–Kier alpha value is -3.11. The van der Waals surface area contributed by atoms with Gasteiger partial charge in [0.2, 0.25) is 15.9 Å². The maximum absolute atomic E-state index is 13.0. The third-order valence-corrected chi connectivity index (χ3v) is 7.20. The molecule has 0 aliphatic carbocycles. The highest BCUT2D eigenvalue weighted by Crippen LogP contribution is 2.34. The summed E-state index contributed by atoms with van der Waals surface area (Å²) < 4.78 is 42.5. The molecule has 1 aliphatic rings. The number of piperidine rings is 1. The molecule has 0 aromatic heterocycles. The lowest BCUT2D eigenvalue weighted by molar-refractivity contribution is -0.120. The summed E-state index contributed by atoms with van der Waals surface area (Å²) in [6, 6.07) is 11.0. The molecule has 32 heavy (non-hydrogen) atoms. The van der Waals surface area contributed by atoms with Crippen LogP contribution in [0.15, 0.2) is 47.4 Å². The molecule has 1 aliphatic heterocycles. The highest BCUT2D eigenvalue weighted by Gasteiger charge is 2.34. The van der Waals surface area contributed by atoms with Gasteiger partial charge >= 0.3 is 5.97 Å². The Balaban J connectivity index is 1.83. The number of sulfonamides is 1. The van der Waals surface area contributed by atoms with Gasteiger partial charge < -0.3 is 19.5 Å². The lowest BCUT2D eigenvalue weighted by Crippen LogP contribution is -2.43. The number of anilines is 1. The van der Waals surface area contributed by atoms with Crippen LogP contribution in [0.25, 0.3) is 0 Å². The van der Waals surface area contributed by atoms with Crippen molar-refractivity contribution < 1.29 is 32.2 Å². The van der Waals surface area contributed by atoms with Crippen LogP contribution in [-0.4, -0.2) is 59.0 Å². The van der Waals surface area contributed by atoms with Crippen molar-refractivity contribution in [2.24, 2.45) is 5.92 Å². The van der Waals surface area contributed by atoms with E-state index in [9.17, 15) is 18.0 Å². The number of hydrogen-bond donors (Lipinski definition) is 1. The van der Waals surface area contributed by atoms with Crippen LogP contribution in [0.5, 0.6) is 11.5 Å². The fourth-order valence-corrected chi connectivity index (χ4v) is 5.16. The zero-order valence-corrected chi connectivity index (χ0v) is 19.0. The molecule has 1 saturated heterocycles. The van der Waals surface area contributed by atoms with Gasteiger partial charge in [0, 0.05) is 25.2 Å². The highest BCUT2D eigenvalue weighted by atomic mass is 32.2. The number of ether oxygens (including phenoxy) is 3. The maximum Gasteiger partial charge on any atom is 0.340 e. The highest BCUT2D eigenvalue weighted by molar-refractivity contribution is 7.89. The van der Waals surface area contributed by atoms with E-state index in [1.807, 2.05) is 0 Å². The van der Waals surface area contributed by atoms with Gasteiger partial charge in [-0.15, -0.1) is 0 Å². The Kier molecular flexibility index (Phi) is 7.37. The Bertz CT molecular complexity index is 1090. The van der Waals surface area contributed by atoms with Gasteiger partial charge in [-0.2, -0.15) is 4.31 Å². The van der Waals surface area contributed by atoms with Crippen LogP contribution in [-0.2, 0) is 19.6 Å². The van der Waals surface area contributed by atoms with Crippen LogP contribution in [0.1, 0.15) is 23.2 Å². The summed E-state index contributed by atoms with van der Waals surface area (Å²) in [5, 5.41) is 2.74. The maximum atomic E-state index is 13.0. The predicted octanol–water partition coefficient (Wildman–Crippen LogP) is 2.53. The zero-order chi connectivity index (χ0) is 23.3. The molecule has 1 amide bonds. The number of carbonyl (C=O) groups is 2. The molecule has 1 atom stereocenters. The summed E-state index contributed by atoms with van der Waals surface area (Å²) in [4.78, 5) is 25.5. The van der Waals surface area contributed by atoms with Gasteiger partial charge in [0.25, 0.3) is 0 Å². The first-order chi connectivity index (χ1) is 15.3. The molecule has 2 aromatic carbocycles. The fraction of sp³-hybridized carbons (Fsp3) is 0.364. The van der Waals surface area contributed by atoms with E-state index in [2.05, 4.69) is 5.32 Å². The Morgan fingerprint density at radius 2 is 1.69 bits per heavy atom. The van der Waals surface area contributed by atoms with Crippen LogP contribution in [0.2, 0.25) is 0 Å². The lowest BCUT2D eigenvalue weighted by atomic mass is 9.98. The van der Waals surface area contributed by atoms with Crippen molar-refractivity contribution in [3.63, 3.8) is 0 Å². The number of nitrogens with one attached hydrogen (secondary N) is 1. The lowest BCUT2D eigenvalue weighted by Gasteiger charge is -2.31. The molecule has 10 heteroatoms. The molecule has 1 heterocycles. The second-order valence-corrected chi connectivity index (χ2v) is 9.19. The molecule has 0 bridgehead atoms. The first-order valence-corrected chi connectivity index (χ1v) is 11.5. The van der Waals surface area contributed by atoms with Crippen molar-refractivity contribution in [2.75, 3.05) is 39.7 Å². The van der Waals surface area contributed by atoms with E-state index in [4.69, 9.17) is 14.2 Å². The molecule has 3 rings (SSSR count). The van der Waals surface area contributed by atoms with E-state index >= 15 is 0 Å². The average Bonchev–Trinajstić information content (AvgIpc) is 2.83. The van der Waals surface area contributed by atoms with Crippen molar-refractivity contribution in [3.05, 3.63) is 48.0 Å². The molecular weight excluding hydrogens is 436 g/mol. The van der Waals surface area contributed by atoms with E-state index in [0.29, 0.717) is 30.9 Å². The number of hydrogen-bond acceptors (Lipinski definition) is 7. The van der Waals surface area contributed by atoms with Crippen molar-refractivity contribution in [3.8, 4) is 11.5 Å². The predicted molar refractivity (Wildman–Crippen MR) is 117 cm³/mol. The Morgan fingerprint density at radius 1 is 1.03 bits per heavy atom. The smallest absolute Gasteiger partial charge is 0.340 e. The van der Waals surface area contributed by atoms with Crippen molar-refractivity contribution in [1.29, 1.82) is 0 Å². The largest absolute Gasteiger partial charge is 0.493 e. The zero-order valence-electron chi connectivity index (χ0n) is 18.2. The topological polar surface area (TPSA) is 111 Å². The number of rotatable bonds is 7. The molecule has 0 unspecified atom stereocenters. The van der Waals surface area contributed by atoms with Crippen LogP contribution in [0, 0.1) is 5.92 Å². The third kappa shape index (κ3) is 4.86. The number of nitrogens with zero attached hydrogens (tertiary/aromatic N) is 1. The minimum absolute atomic E-state index is 0.0455. The van der Waals surface area contributed by atoms with E-state index in [1.54, 1.807) is 18.2 Å².